The molecule has 0 aromatic heterocycles. The first-order valence-corrected chi connectivity index (χ1v) is 33.8. The number of amides is 1. The van der Waals surface area contributed by atoms with Crippen molar-refractivity contribution < 1.29 is 37.3 Å². The number of hydrogen-bond acceptors (Lipinski definition) is 6. The molecule has 77 heavy (non-hydrogen) atoms. The highest BCUT2D eigenvalue weighted by Crippen LogP contribution is 2.43. The zero-order valence-electron chi connectivity index (χ0n) is 51.2. The molecule has 1 amide bonds. The Labute approximate surface area is 476 Å². The quantitative estimate of drug-likeness (QED) is 0.0156. The average molecular weight is 1100 g/mol. The minimum Gasteiger partial charge on any atom is -0.456 e. The summed E-state index contributed by atoms with van der Waals surface area (Å²) in [7, 11) is 1.48. The minimum absolute atomic E-state index is 0.0353. The van der Waals surface area contributed by atoms with Gasteiger partial charge in [-0.25, -0.2) is 4.57 Å². The second kappa shape index (κ2) is 56.7. The van der Waals surface area contributed by atoms with E-state index in [2.05, 4.69) is 86.8 Å². The molecule has 0 aromatic rings. The predicted octanol–water partition coefficient (Wildman–Crippen LogP) is 20.0. The van der Waals surface area contributed by atoms with Gasteiger partial charge in [-0.3, -0.25) is 18.6 Å². The van der Waals surface area contributed by atoms with E-state index >= 15 is 0 Å². The molecule has 0 spiro atoms. The molecule has 0 aliphatic heterocycles. The van der Waals surface area contributed by atoms with Crippen molar-refractivity contribution >= 4 is 19.7 Å². The Bertz CT molecular complexity index is 1550. The van der Waals surface area contributed by atoms with Crippen LogP contribution < -0.4 is 5.32 Å². The molecule has 0 heterocycles. The van der Waals surface area contributed by atoms with Crippen molar-refractivity contribution in [3.05, 3.63) is 72.9 Å². The lowest BCUT2D eigenvalue weighted by atomic mass is 10.0. The number of hydrogen-bond donors (Lipinski definition) is 2. The van der Waals surface area contributed by atoms with E-state index in [1.807, 2.05) is 33.3 Å². The van der Waals surface area contributed by atoms with E-state index in [-0.39, 0.29) is 31.5 Å². The van der Waals surface area contributed by atoms with Crippen LogP contribution in [0.2, 0.25) is 0 Å². The monoisotopic (exact) mass is 1100 g/mol. The summed E-state index contributed by atoms with van der Waals surface area (Å²) in [6.45, 7) is 6.96. The molecule has 2 N–H and O–H groups in total. The van der Waals surface area contributed by atoms with Crippen LogP contribution in [-0.2, 0) is 27.9 Å². The maximum absolute atomic E-state index is 13.5. The molecule has 0 aliphatic carbocycles. The Kier molecular flexibility index (Phi) is 54.8. The fourth-order valence-corrected chi connectivity index (χ4v) is 9.85. The molecule has 448 valence electrons. The van der Waals surface area contributed by atoms with Crippen LogP contribution in [-0.4, -0.2) is 74.3 Å². The second-order valence-electron chi connectivity index (χ2n) is 23.0. The van der Waals surface area contributed by atoms with Crippen LogP contribution in [0.3, 0.4) is 0 Å². The van der Waals surface area contributed by atoms with E-state index < -0.39 is 20.0 Å². The molecule has 0 radical (unpaired) electrons. The zero-order valence-corrected chi connectivity index (χ0v) is 52.1. The summed E-state index contributed by atoms with van der Waals surface area (Å²) in [4.78, 5) is 37.8. The Balaban J connectivity index is 5.22. The zero-order chi connectivity index (χ0) is 56.4. The van der Waals surface area contributed by atoms with Crippen LogP contribution in [0.1, 0.15) is 290 Å². The van der Waals surface area contributed by atoms with Crippen LogP contribution in [0.25, 0.3) is 0 Å². The molecule has 0 saturated heterocycles. The van der Waals surface area contributed by atoms with E-state index in [9.17, 15) is 19.0 Å². The molecule has 3 atom stereocenters. The Morgan fingerprint density at radius 1 is 0.468 bits per heavy atom. The molecule has 0 fully saturated rings. The summed E-state index contributed by atoms with van der Waals surface area (Å²) in [6, 6.07) is -0.858. The van der Waals surface area contributed by atoms with Gasteiger partial charge in [-0.15, -0.1) is 0 Å². The Hall–Kier alpha value is -2.55. The molecule has 0 saturated carbocycles. The highest BCUT2D eigenvalue weighted by atomic mass is 31.2. The van der Waals surface area contributed by atoms with E-state index in [1.165, 1.54) is 167 Å². The molecule has 9 nitrogen and oxygen atoms in total. The van der Waals surface area contributed by atoms with Gasteiger partial charge < -0.3 is 19.4 Å². The van der Waals surface area contributed by atoms with Gasteiger partial charge in [-0.1, -0.05) is 255 Å². The van der Waals surface area contributed by atoms with Gasteiger partial charge in [0.2, 0.25) is 5.91 Å². The summed E-state index contributed by atoms with van der Waals surface area (Å²) in [5.74, 6) is -0.519. The second-order valence-corrected chi connectivity index (χ2v) is 24.4. The van der Waals surface area contributed by atoms with E-state index in [0.717, 1.165) is 89.9 Å². The lowest BCUT2D eigenvalue weighted by Crippen LogP contribution is -2.47. The molecular weight excluding hydrogens is 976 g/mol. The first kappa shape index (κ1) is 74.5. The fraction of sp³-hybridized carbons (Fsp3) is 0.791. The highest BCUT2D eigenvalue weighted by molar-refractivity contribution is 7.47. The normalized spacial score (nSPS) is 14.1. The Morgan fingerprint density at radius 3 is 1.29 bits per heavy atom. The first-order valence-electron chi connectivity index (χ1n) is 32.3. The smallest absolute Gasteiger partial charge is 0.456 e. The largest absolute Gasteiger partial charge is 0.472 e. The van der Waals surface area contributed by atoms with Crippen LogP contribution in [0.4, 0.5) is 0 Å². The standard InChI is InChI=1S/C67H123N2O7P/c1-7-10-13-16-19-22-25-28-30-31-32-33-34-35-36-37-39-42-45-48-51-54-57-60-67(71)76-65(58-55-52-49-46-43-40-27-24-21-18-15-12-9-3)64(63-75-77(72,73)74-62-61-69(4,5)6)68-66(70)59-56-53-50-47-44-41-38-29-26-23-20-17-14-11-8-2/h19-20,22-23,26,28-30,32-33,55,58,64-65H,7-18,21,24-25,27,31,34-54,56-57,59-63H2,1-6H3,(H-,68,70,72,73)/p+1/b22-19-,23-20+,29-26+,30-28-,33-32-,58-55-. The number of allylic oxidation sites excluding steroid dienone is 11. The number of nitrogens with zero attached hydrogens (tertiary/aromatic N) is 1. The van der Waals surface area contributed by atoms with Crippen LogP contribution >= 0.6 is 7.82 Å². The first-order chi connectivity index (χ1) is 37.4. The number of esters is 1. The van der Waals surface area contributed by atoms with Gasteiger partial charge >= 0.3 is 13.8 Å². The van der Waals surface area contributed by atoms with Gasteiger partial charge in [0.05, 0.1) is 33.8 Å². The molecule has 0 aromatic carbocycles. The minimum atomic E-state index is -4.46. The third-order valence-electron chi connectivity index (χ3n) is 14.1. The summed E-state index contributed by atoms with van der Waals surface area (Å²) in [6.07, 6.45) is 73.2. The SMILES string of the molecule is CCCCC/C=C\C/C=C\C/C=C\CCCCCCCCCCCCC(=O)OC(/C=C\CCCCCCCCCCCCC)C(COP(=O)(O)OCC[N+](C)(C)C)NC(=O)CCCCCCCC/C=C/C=C/CCCCC. The van der Waals surface area contributed by atoms with E-state index in [4.69, 9.17) is 13.8 Å². The van der Waals surface area contributed by atoms with E-state index in [0.29, 0.717) is 17.4 Å². The number of unbranched alkanes of at least 4 members (excludes halogenated alkanes) is 33. The van der Waals surface area contributed by atoms with Crippen molar-refractivity contribution in [2.75, 3.05) is 40.9 Å². The lowest BCUT2D eigenvalue weighted by Gasteiger charge is -2.27. The van der Waals surface area contributed by atoms with Crippen LogP contribution in [0.5, 0.6) is 0 Å². The fourth-order valence-electron chi connectivity index (χ4n) is 9.11. The Morgan fingerprint density at radius 2 is 0.831 bits per heavy atom. The van der Waals surface area contributed by atoms with Gasteiger partial charge in [0.25, 0.3) is 0 Å². The van der Waals surface area contributed by atoms with Crippen molar-refractivity contribution in [1.29, 1.82) is 0 Å². The van der Waals surface area contributed by atoms with Crippen molar-refractivity contribution in [3.8, 4) is 0 Å². The van der Waals surface area contributed by atoms with Gasteiger partial charge in [0, 0.05) is 12.8 Å². The number of carbonyl (C=O) groups is 2. The molecular formula is C67H124N2O7P+. The summed E-state index contributed by atoms with van der Waals surface area (Å²) < 4.78 is 30.7. The molecule has 0 aliphatic rings. The van der Waals surface area contributed by atoms with Crippen molar-refractivity contribution in [1.82, 2.24) is 5.32 Å². The summed E-state index contributed by atoms with van der Waals surface area (Å²) in [5, 5.41) is 3.05. The number of rotatable bonds is 58. The third-order valence-corrected chi connectivity index (χ3v) is 15.1. The molecule has 0 rings (SSSR count). The third kappa shape index (κ3) is 57.9. The van der Waals surface area contributed by atoms with Crippen molar-refractivity contribution in [3.63, 3.8) is 0 Å². The number of ether oxygens (including phenoxy) is 1. The van der Waals surface area contributed by atoms with Crippen molar-refractivity contribution in [2.24, 2.45) is 0 Å². The number of carbonyl (C=O) groups excluding carboxylic acids is 2. The van der Waals surface area contributed by atoms with Gasteiger partial charge in [0.15, 0.2) is 0 Å². The summed E-state index contributed by atoms with van der Waals surface area (Å²) in [5.41, 5.74) is 0. The maximum Gasteiger partial charge on any atom is 0.472 e. The number of nitrogens with one attached hydrogen (secondary N) is 1. The molecule has 3 unspecified atom stereocenters. The highest BCUT2D eigenvalue weighted by Gasteiger charge is 2.30. The molecule has 10 heteroatoms. The maximum atomic E-state index is 13.5. The molecule has 0 bridgehead atoms. The topological polar surface area (TPSA) is 111 Å². The van der Waals surface area contributed by atoms with E-state index in [1.54, 1.807) is 0 Å². The number of phosphoric ester groups is 1. The summed E-state index contributed by atoms with van der Waals surface area (Å²) >= 11 is 0. The van der Waals surface area contributed by atoms with Crippen molar-refractivity contribution in [2.45, 2.75) is 303 Å². The van der Waals surface area contributed by atoms with Gasteiger partial charge in [0.1, 0.15) is 19.3 Å². The van der Waals surface area contributed by atoms with Gasteiger partial charge in [-0.05, 0) is 96.0 Å². The van der Waals surface area contributed by atoms with Crippen LogP contribution in [0.15, 0.2) is 72.9 Å². The average Bonchev–Trinajstić information content (AvgIpc) is 3.39. The van der Waals surface area contributed by atoms with Gasteiger partial charge in [-0.2, -0.15) is 0 Å². The lowest BCUT2D eigenvalue weighted by molar-refractivity contribution is -0.870. The predicted molar refractivity (Wildman–Crippen MR) is 332 cm³/mol. The number of quaternary nitrogens is 1. The number of phosphoric acid groups is 1. The van der Waals surface area contributed by atoms with Crippen LogP contribution in [0, 0.1) is 0 Å². The number of likely N-dealkylation sites (N-methyl/N-ethyl adjacent to an activating group) is 1.